The fourth-order valence-corrected chi connectivity index (χ4v) is 5.21. The van der Waals surface area contributed by atoms with Crippen LogP contribution in [0.1, 0.15) is 206 Å². The summed E-state index contributed by atoms with van der Waals surface area (Å²) >= 11 is 0. The molecule has 222 valence electrons. The smallest absolute Gasteiger partial charge is 0.324 e. The van der Waals surface area contributed by atoms with Gasteiger partial charge in [-0.3, -0.25) is 4.79 Å². The summed E-state index contributed by atoms with van der Waals surface area (Å²) in [4.78, 5) is 17.0. The largest absolute Gasteiger partial charge is 0.371 e. The molecule has 0 aromatic heterocycles. The second-order valence-corrected chi connectivity index (χ2v) is 11.7. The highest BCUT2D eigenvalue weighted by Gasteiger charge is 2.03. The molecular formula is C34H69NO2. The van der Waals surface area contributed by atoms with E-state index in [0.29, 0.717) is 6.42 Å². The number of hydrogen-bond donors (Lipinski definition) is 1. The fraction of sp³-hybridized carbons (Fsp3) is 0.971. The number of rotatable bonds is 32. The first-order chi connectivity index (χ1) is 18.3. The van der Waals surface area contributed by atoms with Crippen LogP contribution in [0.25, 0.3) is 0 Å². The van der Waals surface area contributed by atoms with E-state index in [2.05, 4.69) is 19.3 Å². The van der Waals surface area contributed by atoms with E-state index in [0.717, 1.165) is 25.8 Å². The molecule has 0 aliphatic heterocycles. The van der Waals surface area contributed by atoms with Gasteiger partial charge in [-0.25, -0.2) is 0 Å². The van der Waals surface area contributed by atoms with Crippen LogP contribution in [0.5, 0.6) is 0 Å². The molecule has 0 aromatic rings. The molecule has 0 aliphatic carbocycles. The van der Waals surface area contributed by atoms with Gasteiger partial charge in [0.15, 0.2) is 0 Å². The molecule has 3 nitrogen and oxygen atoms in total. The standard InChI is InChI=1S/C34H69NO2/c1-3-5-7-9-11-13-15-17-18-19-21-23-25-27-29-31-33-35-37-34(36)32-30-28-26-24-22-20-16-14-12-10-8-6-4-2/h35H,3-33H2,1-2H3. The average Bonchev–Trinajstić information content (AvgIpc) is 2.90. The molecule has 37 heavy (non-hydrogen) atoms. The Balaban J connectivity index is 3.13. The second-order valence-electron chi connectivity index (χ2n) is 11.7. The predicted molar refractivity (Wildman–Crippen MR) is 164 cm³/mol. The highest BCUT2D eigenvalue weighted by Crippen LogP contribution is 2.14. The van der Waals surface area contributed by atoms with Crippen molar-refractivity contribution in [3.05, 3.63) is 0 Å². The highest BCUT2D eigenvalue weighted by atomic mass is 16.7. The summed E-state index contributed by atoms with van der Waals surface area (Å²) in [6.45, 7) is 5.36. The van der Waals surface area contributed by atoms with Crippen LogP contribution >= 0.6 is 0 Å². The van der Waals surface area contributed by atoms with E-state index in [4.69, 9.17) is 4.84 Å². The van der Waals surface area contributed by atoms with Crippen molar-refractivity contribution in [2.24, 2.45) is 0 Å². The van der Waals surface area contributed by atoms with E-state index < -0.39 is 0 Å². The maximum Gasteiger partial charge on any atom is 0.324 e. The van der Waals surface area contributed by atoms with E-state index >= 15 is 0 Å². The zero-order valence-electron chi connectivity index (χ0n) is 25.7. The number of carbonyl (C=O) groups excluding carboxylic acids is 1. The van der Waals surface area contributed by atoms with Crippen molar-refractivity contribution in [1.82, 2.24) is 5.48 Å². The Morgan fingerprint density at radius 1 is 0.405 bits per heavy atom. The average molecular weight is 524 g/mol. The van der Waals surface area contributed by atoms with Crippen LogP contribution in [0.3, 0.4) is 0 Å². The van der Waals surface area contributed by atoms with Crippen molar-refractivity contribution in [2.45, 2.75) is 206 Å². The maximum atomic E-state index is 11.8. The molecule has 0 radical (unpaired) electrons. The van der Waals surface area contributed by atoms with Gasteiger partial charge in [0.2, 0.25) is 0 Å². The summed E-state index contributed by atoms with van der Waals surface area (Å²) in [5.74, 6) is -0.0837. The monoisotopic (exact) mass is 524 g/mol. The molecular weight excluding hydrogens is 454 g/mol. The number of unbranched alkanes of at least 4 members (excludes halogenated alkanes) is 27. The first-order valence-electron chi connectivity index (χ1n) is 17.2. The molecule has 0 saturated carbocycles. The summed E-state index contributed by atoms with van der Waals surface area (Å²) < 4.78 is 0. The third-order valence-corrected chi connectivity index (χ3v) is 7.80. The number of carbonyl (C=O) groups is 1. The van der Waals surface area contributed by atoms with Gasteiger partial charge in [-0.1, -0.05) is 187 Å². The molecule has 1 N–H and O–H groups in total. The third kappa shape index (κ3) is 33.4. The highest BCUT2D eigenvalue weighted by molar-refractivity contribution is 5.68. The van der Waals surface area contributed by atoms with Crippen LogP contribution in [0.15, 0.2) is 0 Å². The number of nitrogens with one attached hydrogen (secondary N) is 1. The van der Waals surface area contributed by atoms with Crippen LogP contribution in [0.4, 0.5) is 0 Å². The Kier molecular flexibility index (Phi) is 32.9. The van der Waals surface area contributed by atoms with Crippen LogP contribution in [-0.2, 0) is 9.63 Å². The van der Waals surface area contributed by atoms with Gasteiger partial charge in [0.1, 0.15) is 0 Å². The molecule has 3 heteroatoms. The van der Waals surface area contributed by atoms with E-state index in [1.54, 1.807) is 0 Å². The number of hydrogen-bond acceptors (Lipinski definition) is 3. The SMILES string of the molecule is CCCCCCCCCCCCCCCCCCNOC(=O)CCCCCCCCCCCCCCC. The van der Waals surface area contributed by atoms with Gasteiger partial charge in [-0.05, 0) is 12.8 Å². The minimum Gasteiger partial charge on any atom is -0.371 e. The quantitative estimate of drug-likeness (QED) is 0.0703. The molecule has 0 fully saturated rings. The summed E-state index contributed by atoms with van der Waals surface area (Å²) in [5.41, 5.74) is 2.88. The summed E-state index contributed by atoms with van der Waals surface area (Å²) in [6.07, 6.45) is 40.0. The van der Waals surface area contributed by atoms with Crippen molar-refractivity contribution in [3.8, 4) is 0 Å². The predicted octanol–water partition coefficient (Wildman–Crippen LogP) is 11.8. The topological polar surface area (TPSA) is 38.3 Å². The van der Waals surface area contributed by atoms with Gasteiger partial charge in [-0.2, -0.15) is 5.48 Å². The third-order valence-electron chi connectivity index (χ3n) is 7.80. The normalized spacial score (nSPS) is 11.3. The molecule has 0 atom stereocenters. The molecule has 0 heterocycles. The Hall–Kier alpha value is -0.570. The van der Waals surface area contributed by atoms with Crippen molar-refractivity contribution >= 4 is 5.97 Å². The zero-order chi connectivity index (χ0) is 26.9. The van der Waals surface area contributed by atoms with Gasteiger partial charge in [-0.15, -0.1) is 0 Å². The Morgan fingerprint density at radius 3 is 1.00 bits per heavy atom. The lowest BCUT2D eigenvalue weighted by Gasteiger charge is -2.06. The summed E-state index contributed by atoms with van der Waals surface area (Å²) in [7, 11) is 0. The van der Waals surface area contributed by atoms with Crippen molar-refractivity contribution in [3.63, 3.8) is 0 Å². The van der Waals surface area contributed by atoms with Crippen molar-refractivity contribution in [2.75, 3.05) is 6.54 Å². The fourth-order valence-electron chi connectivity index (χ4n) is 5.21. The Morgan fingerprint density at radius 2 is 0.676 bits per heavy atom. The van der Waals surface area contributed by atoms with Gasteiger partial charge < -0.3 is 4.84 Å². The van der Waals surface area contributed by atoms with Gasteiger partial charge >= 0.3 is 5.97 Å². The second kappa shape index (κ2) is 33.5. The molecule has 0 spiro atoms. The van der Waals surface area contributed by atoms with E-state index in [9.17, 15) is 4.79 Å². The minimum absolute atomic E-state index is 0.0837. The molecule has 0 unspecified atom stereocenters. The van der Waals surface area contributed by atoms with Crippen molar-refractivity contribution < 1.29 is 9.63 Å². The van der Waals surface area contributed by atoms with E-state index in [1.807, 2.05) is 0 Å². The molecule has 0 amide bonds. The van der Waals surface area contributed by atoms with Crippen molar-refractivity contribution in [1.29, 1.82) is 0 Å². The number of hydroxylamine groups is 1. The molecule has 0 aliphatic rings. The van der Waals surface area contributed by atoms with Crippen LogP contribution in [0, 0.1) is 0 Å². The van der Waals surface area contributed by atoms with Gasteiger partial charge in [0.25, 0.3) is 0 Å². The van der Waals surface area contributed by atoms with Gasteiger partial charge in [0.05, 0.1) is 0 Å². The summed E-state index contributed by atoms with van der Waals surface area (Å²) in [6, 6.07) is 0. The first kappa shape index (κ1) is 36.4. The molecule has 0 bridgehead atoms. The first-order valence-corrected chi connectivity index (χ1v) is 17.2. The van der Waals surface area contributed by atoms with Crippen LogP contribution < -0.4 is 5.48 Å². The molecule has 0 rings (SSSR count). The minimum atomic E-state index is -0.0837. The lowest BCUT2D eigenvalue weighted by Crippen LogP contribution is -2.20. The van der Waals surface area contributed by atoms with E-state index in [-0.39, 0.29) is 5.97 Å². The molecule has 0 saturated heterocycles. The Labute approximate surface area is 234 Å². The zero-order valence-corrected chi connectivity index (χ0v) is 25.7. The van der Waals surface area contributed by atoms with E-state index in [1.165, 1.54) is 167 Å². The van der Waals surface area contributed by atoms with Crippen LogP contribution in [0.2, 0.25) is 0 Å². The lowest BCUT2D eigenvalue weighted by atomic mass is 10.0. The summed E-state index contributed by atoms with van der Waals surface area (Å²) in [5, 5.41) is 0. The Bertz CT molecular complexity index is 426. The van der Waals surface area contributed by atoms with Crippen LogP contribution in [-0.4, -0.2) is 12.5 Å². The maximum absolute atomic E-state index is 11.8. The lowest BCUT2D eigenvalue weighted by molar-refractivity contribution is -0.151. The van der Waals surface area contributed by atoms with Gasteiger partial charge in [0, 0.05) is 13.0 Å². The molecule has 0 aromatic carbocycles.